The first-order chi connectivity index (χ1) is 13.6. The van der Waals surface area contributed by atoms with E-state index in [0.29, 0.717) is 13.2 Å². The lowest BCUT2D eigenvalue weighted by Gasteiger charge is -2.11. The highest BCUT2D eigenvalue weighted by atomic mass is 19.4. The van der Waals surface area contributed by atoms with Gasteiger partial charge in [-0.1, -0.05) is 12.1 Å². The number of rotatable bonds is 7. The van der Waals surface area contributed by atoms with Crippen molar-refractivity contribution >= 4 is 10.8 Å². The first-order valence-electron chi connectivity index (χ1n) is 9.07. The molecule has 3 aromatic rings. The van der Waals surface area contributed by atoms with E-state index in [1.54, 1.807) is 10.8 Å². The van der Waals surface area contributed by atoms with Gasteiger partial charge in [0.05, 0.1) is 6.54 Å². The first kappa shape index (κ1) is 20.9. The summed E-state index contributed by atoms with van der Waals surface area (Å²) in [7, 11) is 3.94. The maximum absolute atomic E-state index is 12.3. The SMILES string of the molecule is Cc1cc(OCCN(C)C)cc2cn(Cc3ccc(OC(F)(F)F)cc3)c(O)c12. The van der Waals surface area contributed by atoms with E-state index < -0.39 is 6.36 Å². The molecule has 156 valence electrons. The number of ether oxygens (including phenoxy) is 2. The molecule has 0 aliphatic heterocycles. The molecular weight excluding hydrogens is 385 g/mol. The van der Waals surface area contributed by atoms with E-state index in [4.69, 9.17) is 4.74 Å². The van der Waals surface area contributed by atoms with Crippen LogP contribution in [0.1, 0.15) is 11.1 Å². The normalized spacial score (nSPS) is 12.0. The summed E-state index contributed by atoms with van der Waals surface area (Å²) in [5.74, 6) is 0.550. The zero-order valence-electron chi connectivity index (χ0n) is 16.5. The van der Waals surface area contributed by atoms with Crippen LogP contribution in [-0.2, 0) is 6.54 Å². The van der Waals surface area contributed by atoms with Gasteiger partial charge in [0.2, 0.25) is 0 Å². The molecule has 0 saturated heterocycles. The molecule has 0 spiro atoms. The van der Waals surface area contributed by atoms with Gasteiger partial charge in [-0.25, -0.2) is 0 Å². The second-order valence-electron chi connectivity index (χ2n) is 7.13. The molecule has 0 unspecified atom stereocenters. The van der Waals surface area contributed by atoms with Gasteiger partial charge in [-0.2, -0.15) is 0 Å². The lowest BCUT2D eigenvalue weighted by Crippen LogP contribution is -2.19. The third-order valence-corrected chi connectivity index (χ3v) is 4.45. The van der Waals surface area contributed by atoms with Crippen molar-refractivity contribution in [2.75, 3.05) is 27.2 Å². The van der Waals surface area contributed by atoms with Crippen LogP contribution < -0.4 is 9.47 Å². The van der Waals surface area contributed by atoms with Crippen molar-refractivity contribution in [2.45, 2.75) is 19.8 Å². The van der Waals surface area contributed by atoms with E-state index in [1.807, 2.05) is 38.1 Å². The Labute approximate surface area is 166 Å². The largest absolute Gasteiger partial charge is 0.573 e. The summed E-state index contributed by atoms with van der Waals surface area (Å²) in [6.07, 6.45) is -2.92. The summed E-state index contributed by atoms with van der Waals surface area (Å²) >= 11 is 0. The van der Waals surface area contributed by atoms with E-state index in [-0.39, 0.29) is 11.6 Å². The van der Waals surface area contributed by atoms with Crippen LogP contribution in [0, 0.1) is 6.92 Å². The van der Waals surface area contributed by atoms with Crippen LogP contribution in [0.5, 0.6) is 17.4 Å². The molecule has 0 bridgehead atoms. The molecule has 1 heterocycles. The van der Waals surface area contributed by atoms with Crippen molar-refractivity contribution in [3.63, 3.8) is 0 Å². The van der Waals surface area contributed by atoms with Gasteiger partial charge in [-0.3, -0.25) is 0 Å². The molecule has 0 aliphatic rings. The van der Waals surface area contributed by atoms with Gasteiger partial charge in [0.1, 0.15) is 18.1 Å². The summed E-state index contributed by atoms with van der Waals surface area (Å²) < 4.78 is 48.1. The number of nitrogens with zero attached hydrogens (tertiary/aromatic N) is 2. The van der Waals surface area contributed by atoms with Gasteiger partial charge in [0.15, 0.2) is 5.88 Å². The predicted molar refractivity (Wildman–Crippen MR) is 105 cm³/mol. The van der Waals surface area contributed by atoms with E-state index >= 15 is 0 Å². The Morgan fingerprint density at radius 1 is 1.07 bits per heavy atom. The Morgan fingerprint density at radius 2 is 1.76 bits per heavy atom. The lowest BCUT2D eigenvalue weighted by atomic mass is 10.1. The molecule has 0 atom stereocenters. The summed E-state index contributed by atoms with van der Waals surface area (Å²) in [4.78, 5) is 2.03. The average molecular weight is 408 g/mol. The summed E-state index contributed by atoms with van der Waals surface area (Å²) in [5.41, 5.74) is 1.61. The second kappa shape index (κ2) is 8.24. The summed E-state index contributed by atoms with van der Waals surface area (Å²) in [6.45, 7) is 3.55. The van der Waals surface area contributed by atoms with Crippen LogP contribution in [-0.4, -0.2) is 48.2 Å². The number of likely N-dealkylation sites (N-methyl/N-ethyl adjacent to an activating group) is 1. The average Bonchev–Trinajstić information content (AvgIpc) is 2.91. The Hall–Kier alpha value is -2.87. The van der Waals surface area contributed by atoms with Crippen molar-refractivity contribution in [2.24, 2.45) is 0 Å². The highest BCUT2D eigenvalue weighted by Crippen LogP contribution is 2.34. The topological polar surface area (TPSA) is 46.9 Å². The molecule has 8 heteroatoms. The van der Waals surface area contributed by atoms with Gasteiger partial charge in [0.25, 0.3) is 0 Å². The zero-order valence-corrected chi connectivity index (χ0v) is 16.5. The Morgan fingerprint density at radius 3 is 2.38 bits per heavy atom. The minimum absolute atomic E-state index is 0.105. The summed E-state index contributed by atoms with van der Waals surface area (Å²) in [5, 5.41) is 12.2. The molecule has 0 amide bonds. The zero-order chi connectivity index (χ0) is 21.2. The maximum atomic E-state index is 12.3. The number of hydrogen-bond acceptors (Lipinski definition) is 4. The number of benzene rings is 2. The molecule has 0 radical (unpaired) electrons. The molecular formula is C21H23F3N2O3. The number of alkyl halides is 3. The van der Waals surface area contributed by atoms with Crippen molar-refractivity contribution in [1.82, 2.24) is 9.47 Å². The van der Waals surface area contributed by atoms with Gasteiger partial charge >= 0.3 is 6.36 Å². The van der Waals surface area contributed by atoms with E-state index in [1.165, 1.54) is 24.3 Å². The molecule has 2 aromatic carbocycles. The number of hydrogen-bond donors (Lipinski definition) is 1. The van der Waals surface area contributed by atoms with Crippen molar-refractivity contribution in [3.8, 4) is 17.4 Å². The molecule has 3 rings (SSSR count). The number of aryl methyl sites for hydroxylation is 1. The van der Waals surface area contributed by atoms with Crippen molar-refractivity contribution < 1.29 is 27.8 Å². The molecule has 1 N–H and O–H groups in total. The maximum Gasteiger partial charge on any atom is 0.573 e. The van der Waals surface area contributed by atoms with Gasteiger partial charge < -0.3 is 24.0 Å². The molecule has 5 nitrogen and oxygen atoms in total. The Balaban J connectivity index is 1.79. The number of halogens is 3. The third-order valence-electron chi connectivity index (χ3n) is 4.45. The Bertz CT molecular complexity index is 979. The highest BCUT2D eigenvalue weighted by Gasteiger charge is 2.30. The number of aromatic hydroxyl groups is 1. The monoisotopic (exact) mass is 408 g/mol. The molecule has 0 fully saturated rings. The third kappa shape index (κ3) is 5.35. The van der Waals surface area contributed by atoms with E-state index in [9.17, 15) is 18.3 Å². The fraction of sp³-hybridized carbons (Fsp3) is 0.333. The standard InChI is InChI=1S/C21H23F3N2O3/c1-14-10-18(28-9-8-25(2)3)11-16-13-26(20(27)19(14)16)12-15-4-6-17(7-5-15)29-21(22,23)24/h4-7,10-11,13,27H,8-9,12H2,1-3H3. The van der Waals surface area contributed by atoms with Crippen LogP contribution >= 0.6 is 0 Å². The summed E-state index contributed by atoms with van der Waals surface area (Å²) in [6, 6.07) is 9.33. The molecule has 0 saturated carbocycles. The van der Waals surface area contributed by atoms with Crippen molar-refractivity contribution in [1.29, 1.82) is 0 Å². The highest BCUT2D eigenvalue weighted by molar-refractivity contribution is 5.92. The predicted octanol–water partition coefficient (Wildman–Crippen LogP) is 4.54. The van der Waals surface area contributed by atoms with Gasteiger partial charge in [0, 0.05) is 23.5 Å². The number of aromatic nitrogens is 1. The molecule has 0 aliphatic carbocycles. The van der Waals surface area contributed by atoms with Gasteiger partial charge in [-0.15, -0.1) is 13.2 Å². The van der Waals surface area contributed by atoms with Crippen molar-refractivity contribution in [3.05, 3.63) is 53.7 Å². The fourth-order valence-electron chi connectivity index (χ4n) is 3.10. The van der Waals surface area contributed by atoms with Crippen LogP contribution in [0.25, 0.3) is 10.8 Å². The van der Waals surface area contributed by atoms with E-state index in [0.717, 1.165) is 34.2 Å². The van der Waals surface area contributed by atoms with Crippen LogP contribution in [0.4, 0.5) is 13.2 Å². The van der Waals surface area contributed by atoms with Gasteiger partial charge in [-0.05, 0) is 56.4 Å². The fourth-order valence-corrected chi connectivity index (χ4v) is 3.10. The smallest absolute Gasteiger partial charge is 0.494 e. The molecule has 29 heavy (non-hydrogen) atoms. The first-order valence-corrected chi connectivity index (χ1v) is 9.07. The quantitative estimate of drug-likeness (QED) is 0.624. The Kier molecular flexibility index (Phi) is 5.93. The molecule has 1 aromatic heterocycles. The number of fused-ring (bicyclic) bond motifs is 1. The lowest BCUT2D eigenvalue weighted by molar-refractivity contribution is -0.274. The van der Waals surface area contributed by atoms with Crippen LogP contribution in [0.3, 0.4) is 0 Å². The second-order valence-corrected chi connectivity index (χ2v) is 7.13. The van der Waals surface area contributed by atoms with Crippen LogP contribution in [0.2, 0.25) is 0 Å². The minimum Gasteiger partial charge on any atom is -0.494 e. The minimum atomic E-state index is -4.72. The van der Waals surface area contributed by atoms with E-state index in [2.05, 4.69) is 4.74 Å². The van der Waals surface area contributed by atoms with Crippen LogP contribution in [0.15, 0.2) is 42.6 Å².